The minimum atomic E-state index is -0.410. The number of nitrogens with one attached hydrogen (secondary N) is 1. The van der Waals surface area contributed by atoms with Gasteiger partial charge in [0.25, 0.3) is 0 Å². The lowest BCUT2D eigenvalue weighted by atomic mass is 9.67. The first-order valence-corrected chi connectivity index (χ1v) is 15.9. The van der Waals surface area contributed by atoms with Crippen molar-refractivity contribution in [1.29, 1.82) is 0 Å². The number of fused-ring (bicyclic) bond motifs is 6. The maximum atomic E-state index is 3.75. The lowest BCUT2D eigenvalue weighted by Crippen LogP contribution is -2.28. The molecule has 0 radical (unpaired) electrons. The van der Waals surface area contributed by atoms with Crippen molar-refractivity contribution in [3.05, 3.63) is 204 Å². The minimum Gasteiger partial charge on any atom is -0.356 e. The molecule has 1 aliphatic rings. The maximum Gasteiger partial charge on any atom is 0.0714 e. The van der Waals surface area contributed by atoms with E-state index in [9.17, 15) is 0 Å². The van der Waals surface area contributed by atoms with Crippen LogP contribution in [0.2, 0.25) is 0 Å². The minimum absolute atomic E-state index is 0.410. The van der Waals surface area contributed by atoms with E-state index in [1.54, 1.807) is 0 Å². The molecule has 0 saturated carbocycles. The van der Waals surface area contributed by atoms with Crippen LogP contribution in [-0.4, -0.2) is 0 Å². The van der Waals surface area contributed by atoms with Crippen molar-refractivity contribution in [2.75, 3.05) is 5.32 Å². The molecule has 216 valence electrons. The zero-order chi connectivity index (χ0) is 30.5. The number of benzene rings is 8. The molecule has 0 amide bonds. The highest BCUT2D eigenvalue weighted by molar-refractivity contribution is 6.13. The fraction of sp³-hybridized carbons (Fsp3) is 0.0222. The van der Waals surface area contributed by atoms with Gasteiger partial charge in [-0.2, -0.15) is 0 Å². The van der Waals surface area contributed by atoms with Gasteiger partial charge in [-0.3, -0.25) is 0 Å². The summed E-state index contributed by atoms with van der Waals surface area (Å²) in [6.07, 6.45) is 0. The van der Waals surface area contributed by atoms with Crippen LogP contribution in [0.1, 0.15) is 22.3 Å². The summed E-state index contributed by atoms with van der Waals surface area (Å²) in [7, 11) is 0. The molecule has 1 aliphatic carbocycles. The quantitative estimate of drug-likeness (QED) is 0.198. The average Bonchev–Trinajstić information content (AvgIpc) is 3.43. The Bertz CT molecular complexity index is 2330. The second-order valence-corrected chi connectivity index (χ2v) is 12.2. The van der Waals surface area contributed by atoms with E-state index in [0.29, 0.717) is 0 Å². The average molecular weight is 586 g/mol. The predicted octanol–water partition coefficient (Wildman–Crippen LogP) is 11.8. The molecular formula is C45H31N. The molecule has 0 saturated heterocycles. The van der Waals surface area contributed by atoms with Crippen molar-refractivity contribution < 1.29 is 0 Å². The van der Waals surface area contributed by atoms with Crippen LogP contribution in [0.15, 0.2) is 182 Å². The highest BCUT2D eigenvalue weighted by Gasteiger charge is 2.46. The molecule has 0 aromatic heterocycles. The normalized spacial score (nSPS) is 13.0. The third kappa shape index (κ3) is 4.02. The van der Waals surface area contributed by atoms with Crippen LogP contribution in [-0.2, 0) is 5.41 Å². The molecular weight excluding hydrogens is 555 g/mol. The van der Waals surface area contributed by atoms with Crippen LogP contribution < -0.4 is 5.32 Å². The smallest absolute Gasteiger partial charge is 0.0714 e. The van der Waals surface area contributed by atoms with Gasteiger partial charge in [0.05, 0.1) is 5.41 Å². The molecule has 46 heavy (non-hydrogen) atoms. The van der Waals surface area contributed by atoms with Gasteiger partial charge < -0.3 is 5.32 Å². The molecule has 8 aromatic carbocycles. The Morgan fingerprint density at radius 2 is 0.913 bits per heavy atom. The molecule has 1 nitrogen and oxygen atoms in total. The Morgan fingerprint density at radius 3 is 1.65 bits per heavy atom. The Labute approximate surface area is 269 Å². The van der Waals surface area contributed by atoms with Gasteiger partial charge in [0.2, 0.25) is 0 Å². The molecule has 9 rings (SSSR count). The summed E-state index contributed by atoms with van der Waals surface area (Å²) in [6.45, 7) is 0. The van der Waals surface area contributed by atoms with Gasteiger partial charge >= 0.3 is 0 Å². The van der Waals surface area contributed by atoms with E-state index in [0.717, 1.165) is 11.4 Å². The van der Waals surface area contributed by atoms with Crippen molar-refractivity contribution in [2.24, 2.45) is 0 Å². The van der Waals surface area contributed by atoms with Gasteiger partial charge in [0, 0.05) is 11.4 Å². The van der Waals surface area contributed by atoms with Gasteiger partial charge in [-0.1, -0.05) is 152 Å². The highest BCUT2D eigenvalue weighted by atomic mass is 14.9. The van der Waals surface area contributed by atoms with Crippen LogP contribution >= 0.6 is 0 Å². The number of hydrogen-bond acceptors (Lipinski definition) is 1. The van der Waals surface area contributed by atoms with Crippen molar-refractivity contribution >= 4 is 32.9 Å². The zero-order valence-corrected chi connectivity index (χ0v) is 25.3. The summed E-state index contributed by atoms with van der Waals surface area (Å²) in [5, 5.41) is 8.87. The molecule has 0 bridgehead atoms. The largest absolute Gasteiger partial charge is 0.356 e. The van der Waals surface area contributed by atoms with Crippen LogP contribution in [0.3, 0.4) is 0 Å². The summed E-state index contributed by atoms with van der Waals surface area (Å²) >= 11 is 0. The van der Waals surface area contributed by atoms with E-state index in [-0.39, 0.29) is 0 Å². The number of hydrogen-bond donors (Lipinski definition) is 1. The molecule has 0 spiro atoms. The highest BCUT2D eigenvalue weighted by Crippen LogP contribution is 2.56. The van der Waals surface area contributed by atoms with Gasteiger partial charge in [0.1, 0.15) is 0 Å². The molecule has 0 fully saturated rings. The summed E-state index contributed by atoms with van der Waals surface area (Å²) in [5.41, 5.74) is 12.0. The fourth-order valence-electron chi connectivity index (χ4n) is 7.72. The number of anilines is 2. The second kappa shape index (κ2) is 10.6. The lowest BCUT2D eigenvalue weighted by Gasteiger charge is -2.34. The van der Waals surface area contributed by atoms with E-state index in [2.05, 4.69) is 187 Å². The predicted molar refractivity (Wildman–Crippen MR) is 194 cm³/mol. The molecule has 0 atom stereocenters. The Morgan fingerprint density at radius 1 is 0.348 bits per heavy atom. The van der Waals surface area contributed by atoms with E-state index in [1.807, 2.05) is 0 Å². The van der Waals surface area contributed by atoms with Crippen LogP contribution in [0.4, 0.5) is 11.4 Å². The first kappa shape index (κ1) is 26.5. The fourth-order valence-corrected chi connectivity index (χ4v) is 7.72. The molecule has 0 unspecified atom stereocenters. The van der Waals surface area contributed by atoms with Gasteiger partial charge in [-0.05, 0) is 96.4 Å². The van der Waals surface area contributed by atoms with Gasteiger partial charge in [-0.15, -0.1) is 0 Å². The van der Waals surface area contributed by atoms with Crippen molar-refractivity contribution in [3.63, 3.8) is 0 Å². The summed E-state index contributed by atoms with van der Waals surface area (Å²) in [6, 6.07) is 66.3. The van der Waals surface area contributed by atoms with E-state index < -0.39 is 5.41 Å². The summed E-state index contributed by atoms with van der Waals surface area (Å²) in [4.78, 5) is 0. The summed E-state index contributed by atoms with van der Waals surface area (Å²) in [5.74, 6) is 0. The molecule has 0 heterocycles. The van der Waals surface area contributed by atoms with Crippen molar-refractivity contribution in [1.82, 2.24) is 0 Å². The Balaban J connectivity index is 1.14. The number of rotatable bonds is 5. The molecule has 8 aromatic rings. The van der Waals surface area contributed by atoms with Gasteiger partial charge in [-0.25, -0.2) is 0 Å². The van der Waals surface area contributed by atoms with Gasteiger partial charge in [0.15, 0.2) is 0 Å². The SMILES string of the molecule is c1ccc(C2(c3ccccc3)c3ccccc3-c3ccc(Nc4ccc(-c5cc6ccccc6c6ccccc56)cc4)cc32)cc1. The Kier molecular flexibility index (Phi) is 6.11. The van der Waals surface area contributed by atoms with Crippen LogP contribution in [0.25, 0.3) is 43.8 Å². The van der Waals surface area contributed by atoms with E-state index in [1.165, 1.54) is 66.1 Å². The molecule has 1 heteroatoms. The molecule has 1 N–H and O–H groups in total. The van der Waals surface area contributed by atoms with E-state index in [4.69, 9.17) is 0 Å². The zero-order valence-electron chi connectivity index (χ0n) is 25.3. The standard InChI is InChI=1S/C45H31N/c1-3-14-33(15-4-1)45(34-16-5-2-6-17-34)43-22-12-11-21-40(43)41-28-27-36(30-44(41)45)46-35-25-23-31(24-26-35)42-29-32-13-7-8-18-37(32)38-19-9-10-20-39(38)42/h1-30,46H. The van der Waals surface area contributed by atoms with Crippen molar-refractivity contribution in [2.45, 2.75) is 5.41 Å². The lowest BCUT2D eigenvalue weighted by molar-refractivity contribution is 0.769. The van der Waals surface area contributed by atoms with Crippen LogP contribution in [0, 0.1) is 0 Å². The summed E-state index contributed by atoms with van der Waals surface area (Å²) < 4.78 is 0. The first-order valence-electron chi connectivity index (χ1n) is 15.9. The van der Waals surface area contributed by atoms with E-state index >= 15 is 0 Å². The topological polar surface area (TPSA) is 12.0 Å². The van der Waals surface area contributed by atoms with Crippen LogP contribution in [0.5, 0.6) is 0 Å². The third-order valence-electron chi connectivity index (χ3n) is 9.71. The second-order valence-electron chi connectivity index (χ2n) is 12.2. The first-order chi connectivity index (χ1) is 22.8. The van der Waals surface area contributed by atoms with Crippen molar-refractivity contribution in [3.8, 4) is 22.3 Å². The monoisotopic (exact) mass is 585 g/mol. The maximum absolute atomic E-state index is 3.75. The third-order valence-corrected chi connectivity index (χ3v) is 9.71. The Hall–Kier alpha value is -5.92. The molecule has 0 aliphatic heterocycles.